The predicted molar refractivity (Wildman–Crippen MR) is 115 cm³/mol. The predicted octanol–water partition coefficient (Wildman–Crippen LogP) is 3.23. The smallest absolute Gasteiger partial charge is 0.269 e. The van der Waals surface area contributed by atoms with Crippen molar-refractivity contribution in [2.24, 2.45) is 11.1 Å². The molecule has 1 heterocycles. The number of primary amides is 1. The highest BCUT2D eigenvalue weighted by Crippen LogP contribution is 2.24. The van der Waals surface area contributed by atoms with E-state index >= 15 is 0 Å². The van der Waals surface area contributed by atoms with Gasteiger partial charge in [0.2, 0.25) is 5.91 Å². The van der Waals surface area contributed by atoms with Crippen molar-refractivity contribution in [2.75, 3.05) is 0 Å². The summed E-state index contributed by atoms with van der Waals surface area (Å²) in [6.07, 6.45) is -0.0725. The molecular formula is C22H22ClFN4O3. The van der Waals surface area contributed by atoms with Crippen LogP contribution in [0.2, 0.25) is 5.02 Å². The summed E-state index contributed by atoms with van der Waals surface area (Å²) in [6.45, 7) is 3.09. The fourth-order valence-corrected chi connectivity index (χ4v) is 3.52. The first-order valence-electron chi connectivity index (χ1n) is 9.58. The largest absolute Gasteiger partial charge is 0.364 e. The lowest BCUT2D eigenvalue weighted by atomic mass is 9.86. The second kappa shape index (κ2) is 8.85. The van der Waals surface area contributed by atoms with Gasteiger partial charge in [0.15, 0.2) is 11.5 Å². The molecule has 0 spiro atoms. The number of fused-ring (bicyclic) bond motifs is 1. The number of nitrogens with one attached hydrogen (secondary N) is 1. The third-order valence-corrected chi connectivity index (χ3v) is 5.23. The summed E-state index contributed by atoms with van der Waals surface area (Å²) in [6, 6.07) is 11.5. The van der Waals surface area contributed by atoms with Crippen molar-refractivity contribution in [1.29, 1.82) is 0 Å². The molecule has 2 aromatic carbocycles. The van der Waals surface area contributed by atoms with Crippen molar-refractivity contribution < 1.29 is 18.8 Å². The summed E-state index contributed by atoms with van der Waals surface area (Å²) in [4.78, 5) is 37.0. The van der Waals surface area contributed by atoms with Crippen molar-refractivity contribution >= 4 is 40.1 Å². The van der Waals surface area contributed by atoms with Gasteiger partial charge in [0.05, 0.1) is 16.0 Å². The SMILES string of the molecule is CC(C)(CC(=O)Cn1nc(C(N)=O)c2ccccc21)C(=O)NCc1cccc(Cl)c1F. The van der Waals surface area contributed by atoms with Gasteiger partial charge in [-0.05, 0) is 12.1 Å². The fourth-order valence-electron chi connectivity index (χ4n) is 3.33. The van der Waals surface area contributed by atoms with E-state index in [1.165, 1.54) is 16.8 Å². The third kappa shape index (κ3) is 4.91. The van der Waals surface area contributed by atoms with Crippen LogP contribution in [0.3, 0.4) is 0 Å². The Morgan fingerprint density at radius 3 is 2.58 bits per heavy atom. The van der Waals surface area contributed by atoms with E-state index in [-0.39, 0.29) is 41.6 Å². The van der Waals surface area contributed by atoms with Crippen LogP contribution in [0.15, 0.2) is 42.5 Å². The molecule has 1 aromatic heterocycles. The molecule has 0 saturated heterocycles. The number of amides is 2. The molecule has 0 unspecified atom stereocenters. The maximum Gasteiger partial charge on any atom is 0.269 e. The highest BCUT2D eigenvalue weighted by molar-refractivity contribution is 6.30. The molecule has 3 N–H and O–H groups in total. The average molecular weight is 445 g/mol. The van der Waals surface area contributed by atoms with Crippen molar-refractivity contribution in [3.8, 4) is 0 Å². The number of carbonyl (C=O) groups is 3. The Balaban J connectivity index is 1.68. The summed E-state index contributed by atoms with van der Waals surface area (Å²) in [7, 11) is 0. The van der Waals surface area contributed by atoms with Crippen LogP contribution in [0, 0.1) is 11.2 Å². The van der Waals surface area contributed by atoms with E-state index in [9.17, 15) is 18.8 Å². The van der Waals surface area contributed by atoms with Crippen LogP contribution < -0.4 is 11.1 Å². The quantitative estimate of drug-likeness (QED) is 0.556. The number of hydrogen-bond donors (Lipinski definition) is 2. The van der Waals surface area contributed by atoms with E-state index in [1.54, 1.807) is 44.2 Å². The maximum absolute atomic E-state index is 14.0. The normalized spacial score (nSPS) is 11.5. The van der Waals surface area contributed by atoms with Crippen molar-refractivity contribution in [3.05, 3.63) is 64.6 Å². The second-order valence-electron chi connectivity index (χ2n) is 7.88. The molecule has 0 bridgehead atoms. The molecule has 2 amide bonds. The highest BCUT2D eigenvalue weighted by atomic mass is 35.5. The van der Waals surface area contributed by atoms with Gasteiger partial charge in [0.1, 0.15) is 12.4 Å². The molecule has 3 rings (SSSR count). The first-order valence-corrected chi connectivity index (χ1v) is 9.96. The van der Waals surface area contributed by atoms with Gasteiger partial charge in [0.25, 0.3) is 5.91 Å². The molecule has 0 fully saturated rings. The summed E-state index contributed by atoms with van der Waals surface area (Å²) in [5.74, 6) is -1.92. The Labute approximate surface area is 183 Å². The lowest BCUT2D eigenvalue weighted by molar-refractivity contribution is -0.134. The van der Waals surface area contributed by atoms with Gasteiger partial charge in [0, 0.05) is 23.9 Å². The Hall–Kier alpha value is -3.26. The van der Waals surface area contributed by atoms with E-state index in [0.29, 0.717) is 10.9 Å². The van der Waals surface area contributed by atoms with Crippen molar-refractivity contribution in [1.82, 2.24) is 15.1 Å². The number of Topliss-reactive ketones (excluding diaryl/α,β-unsaturated/α-hetero) is 1. The van der Waals surface area contributed by atoms with Gasteiger partial charge in [-0.1, -0.05) is 55.8 Å². The average Bonchev–Trinajstić information content (AvgIpc) is 3.07. The summed E-state index contributed by atoms with van der Waals surface area (Å²) < 4.78 is 15.4. The van der Waals surface area contributed by atoms with Crippen LogP contribution in [0.5, 0.6) is 0 Å². The number of rotatable bonds is 8. The standard InChI is InChI=1S/C22H22ClFN4O3/c1-22(2,21(31)26-11-13-6-5-8-16(23)18(13)24)10-14(29)12-28-17-9-4-3-7-15(17)19(27-28)20(25)30/h3-9H,10-12H2,1-2H3,(H2,25,30)(H,26,31). The number of para-hydroxylation sites is 1. The van der Waals surface area contributed by atoms with Crippen LogP contribution in [0.1, 0.15) is 36.3 Å². The zero-order chi connectivity index (χ0) is 22.8. The molecule has 9 heteroatoms. The minimum Gasteiger partial charge on any atom is -0.364 e. The van der Waals surface area contributed by atoms with Crippen LogP contribution in [0.25, 0.3) is 10.9 Å². The summed E-state index contributed by atoms with van der Waals surface area (Å²) >= 11 is 5.76. The Bertz CT molecular complexity index is 1170. The van der Waals surface area contributed by atoms with Gasteiger partial charge in [-0.3, -0.25) is 19.1 Å². The van der Waals surface area contributed by atoms with Gasteiger partial charge in [-0.25, -0.2) is 4.39 Å². The lowest BCUT2D eigenvalue weighted by Crippen LogP contribution is -2.38. The molecule has 0 aliphatic carbocycles. The fraction of sp³-hybridized carbons (Fsp3) is 0.273. The van der Waals surface area contributed by atoms with Gasteiger partial charge in [-0.15, -0.1) is 0 Å². The topological polar surface area (TPSA) is 107 Å². The first kappa shape index (κ1) is 22.4. The molecule has 7 nitrogen and oxygen atoms in total. The molecule has 0 atom stereocenters. The number of ketones is 1. The highest BCUT2D eigenvalue weighted by Gasteiger charge is 2.31. The second-order valence-corrected chi connectivity index (χ2v) is 8.29. The zero-order valence-electron chi connectivity index (χ0n) is 17.1. The Kier molecular flexibility index (Phi) is 6.40. The molecule has 3 aromatic rings. The Morgan fingerprint density at radius 2 is 1.87 bits per heavy atom. The summed E-state index contributed by atoms with van der Waals surface area (Å²) in [5.41, 5.74) is 5.28. The number of nitrogens with zero attached hydrogens (tertiary/aromatic N) is 2. The third-order valence-electron chi connectivity index (χ3n) is 4.94. The van der Waals surface area contributed by atoms with Crippen LogP contribution in [-0.4, -0.2) is 27.4 Å². The number of halogens is 2. The van der Waals surface area contributed by atoms with Crippen LogP contribution >= 0.6 is 11.6 Å². The molecule has 31 heavy (non-hydrogen) atoms. The number of hydrogen-bond acceptors (Lipinski definition) is 4. The van der Waals surface area contributed by atoms with E-state index in [4.69, 9.17) is 17.3 Å². The number of aromatic nitrogens is 2. The minimum atomic E-state index is -1.04. The van der Waals surface area contributed by atoms with Gasteiger partial charge in [-0.2, -0.15) is 5.10 Å². The lowest BCUT2D eigenvalue weighted by Gasteiger charge is -2.23. The van der Waals surface area contributed by atoms with Crippen LogP contribution in [-0.2, 0) is 22.7 Å². The molecule has 0 aliphatic heterocycles. The first-order chi connectivity index (χ1) is 14.6. The number of benzene rings is 2. The zero-order valence-corrected chi connectivity index (χ0v) is 17.9. The summed E-state index contributed by atoms with van der Waals surface area (Å²) in [5, 5.41) is 7.35. The monoisotopic (exact) mass is 444 g/mol. The van der Waals surface area contributed by atoms with E-state index in [1.807, 2.05) is 0 Å². The van der Waals surface area contributed by atoms with E-state index in [0.717, 1.165) is 0 Å². The van der Waals surface area contributed by atoms with Crippen LogP contribution in [0.4, 0.5) is 4.39 Å². The maximum atomic E-state index is 14.0. The van der Waals surface area contributed by atoms with Gasteiger partial charge >= 0.3 is 0 Å². The van der Waals surface area contributed by atoms with Gasteiger partial charge < -0.3 is 11.1 Å². The van der Waals surface area contributed by atoms with E-state index < -0.39 is 23.0 Å². The Morgan fingerprint density at radius 1 is 1.16 bits per heavy atom. The van der Waals surface area contributed by atoms with Crippen molar-refractivity contribution in [2.45, 2.75) is 33.4 Å². The molecular weight excluding hydrogens is 423 g/mol. The molecule has 162 valence electrons. The molecule has 0 aliphatic rings. The number of carbonyl (C=O) groups excluding carboxylic acids is 3. The molecule has 0 saturated carbocycles. The van der Waals surface area contributed by atoms with Crippen molar-refractivity contribution in [3.63, 3.8) is 0 Å². The van der Waals surface area contributed by atoms with E-state index in [2.05, 4.69) is 10.4 Å². The minimum absolute atomic E-state index is 0.0250. The number of nitrogens with two attached hydrogens (primary N) is 1. The molecule has 0 radical (unpaired) electrons.